The molecule has 3 nitrogen and oxygen atoms in total. The SMILES string of the molecule is CCNC(=O)c1cccc(COc2ccc(C(F)(F)F)cc2Cl)c1. The van der Waals surface area contributed by atoms with Gasteiger partial charge in [0.1, 0.15) is 12.4 Å². The number of hydrogen-bond donors (Lipinski definition) is 1. The van der Waals surface area contributed by atoms with Crippen molar-refractivity contribution in [3.8, 4) is 5.75 Å². The average molecular weight is 358 g/mol. The van der Waals surface area contributed by atoms with E-state index in [0.717, 1.165) is 12.1 Å². The summed E-state index contributed by atoms with van der Waals surface area (Å²) in [6.45, 7) is 2.41. The molecule has 0 aromatic heterocycles. The minimum atomic E-state index is -4.46. The zero-order valence-corrected chi connectivity index (χ0v) is 13.5. The van der Waals surface area contributed by atoms with Crippen molar-refractivity contribution in [2.24, 2.45) is 0 Å². The Hall–Kier alpha value is -2.21. The quantitative estimate of drug-likeness (QED) is 0.843. The third kappa shape index (κ3) is 4.64. The lowest BCUT2D eigenvalue weighted by Gasteiger charge is -2.12. The average Bonchev–Trinajstić information content (AvgIpc) is 2.53. The fraction of sp³-hybridized carbons (Fsp3) is 0.235. The zero-order valence-electron chi connectivity index (χ0n) is 12.8. The third-order valence-electron chi connectivity index (χ3n) is 3.18. The molecule has 0 atom stereocenters. The highest BCUT2D eigenvalue weighted by molar-refractivity contribution is 6.32. The predicted molar refractivity (Wildman–Crippen MR) is 85.2 cm³/mol. The van der Waals surface area contributed by atoms with Crippen LogP contribution in [-0.2, 0) is 12.8 Å². The van der Waals surface area contributed by atoms with E-state index in [0.29, 0.717) is 17.7 Å². The van der Waals surface area contributed by atoms with Crippen molar-refractivity contribution in [2.75, 3.05) is 6.54 Å². The highest BCUT2D eigenvalue weighted by atomic mass is 35.5. The van der Waals surface area contributed by atoms with Gasteiger partial charge in [-0.2, -0.15) is 13.2 Å². The standard InChI is InChI=1S/C17H15ClF3NO2/c1-2-22-16(23)12-5-3-4-11(8-12)10-24-15-7-6-13(9-14(15)18)17(19,20)21/h3-9H,2,10H2,1H3,(H,22,23). The highest BCUT2D eigenvalue weighted by Gasteiger charge is 2.31. The van der Waals surface area contributed by atoms with E-state index in [1.165, 1.54) is 6.07 Å². The minimum absolute atomic E-state index is 0.0817. The molecule has 0 aliphatic rings. The summed E-state index contributed by atoms with van der Waals surface area (Å²) in [5.41, 5.74) is 0.351. The molecule has 0 bridgehead atoms. The van der Waals surface area contributed by atoms with E-state index >= 15 is 0 Å². The molecule has 2 aromatic carbocycles. The van der Waals surface area contributed by atoms with Gasteiger partial charge in [0.2, 0.25) is 0 Å². The van der Waals surface area contributed by atoms with Gasteiger partial charge < -0.3 is 10.1 Å². The van der Waals surface area contributed by atoms with Crippen molar-refractivity contribution in [2.45, 2.75) is 19.7 Å². The molecule has 0 radical (unpaired) electrons. The van der Waals surface area contributed by atoms with Crippen LogP contribution in [0.3, 0.4) is 0 Å². The van der Waals surface area contributed by atoms with Gasteiger partial charge in [-0.1, -0.05) is 23.7 Å². The number of alkyl halides is 3. The first kappa shape index (κ1) is 18.1. The second kappa shape index (κ2) is 7.57. The number of hydrogen-bond acceptors (Lipinski definition) is 2. The fourth-order valence-corrected chi connectivity index (χ4v) is 2.26. The van der Waals surface area contributed by atoms with Crippen LogP contribution in [0.2, 0.25) is 5.02 Å². The van der Waals surface area contributed by atoms with E-state index in [1.54, 1.807) is 24.3 Å². The summed E-state index contributed by atoms with van der Waals surface area (Å²) in [4.78, 5) is 11.8. The lowest BCUT2D eigenvalue weighted by atomic mass is 10.1. The largest absolute Gasteiger partial charge is 0.487 e. The Morgan fingerprint density at radius 1 is 1.21 bits per heavy atom. The molecule has 0 unspecified atom stereocenters. The summed E-state index contributed by atoms with van der Waals surface area (Å²) in [6.07, 6.45) is -4.46. The maximum Gasteiger partial charge on any atom is 0.416 e. The molecule has 0 saturated heterocycles. The molecule has 0 aliphatic heterocycles. The van der Waals surface area contributed by atoms with E-state index in [-0.39, 0.29) is 23.3 Å². The van der Waals surface area contributed by atoms with Crippen LogP contribution in [0.25, 0.3) is 0 Å². The first-order valence-corrected chi connectivity index (χ1v) is 7.55. The monoisotopic (exact) mass is 357 g/mol. The minimum Gasteiger partial charge on any atom is -0.487 e. The second-order valence-electron chi connectivity index (χ2n) is 4.99. The fourth-order valence-electron chi connectivity index (χ4n) is 2.02. The van der Waals surface area contributed by atoms with Gasteiger partial charge in [0.05, 0.1) is 10.6 Å². The molecule has 1 N–H and O–H groups in total. The van der Waals surface area contributed by atoms with Gasteiger partial charge in [-0.25, -0.2) is 0 Å². The van der Waals surface area contributed by atoms with Gasteiger partial charge in [-0.15, -0.1) is 0 Å². The Balaban J connectivity index is 2.08. The molecule has 7 heteroatoms. The van der Waals surface area contributed by atoms with Crippen LogP contribution < -0.4 is 10.1 Å². The van der Waals surface area contributed by atoms with Crippen LogP contribution in [0.1, 0.15) is 28.4 Å². The van der Waals surface area contributed by atoms with E-state index in [4.69, 9.17) is 16.3 Å². The van der Waals surface area contributed by atoms with Gasteiger partial charge in [0.15, 0.2) is 0 Å². The molecular weight excluding hydrogens is 343 g/mol. The molecule has 0 aliphatic carbocycles. The zero-order chi connectivity index (χ0) is 17.7. The van der Waals surface area contributed by atoms with E-state index in [9.17, 15) is 18.0 Å². The van der Waals surface area contributed by atoms with Crippen LogP contribution in [-0.4, -0.2) is 12.5 Å². The Kier molecular flexibility index (Phi) is 5.72. The number of nitrogens with one attached hydrogen (secondary N) is 1. The van der Waals surface area contributed by atoms with Crippen LogP contribution in [0.15, 0.2) is 42.5 Å². The molecule has 24 heavy (non-hydrogen) atoms. The third-order valence-corrected chi connectivity index (χ3v) is 3.48. The normalized spacial score (nSPS) is 11.2. The predicted octanol–water partition coefficient (Wildman–Crippen LogP) is 4.69. The number of amides is 1. The molecule has 0 fully saturated rings. The van der Waals surface area contributed by atoms with Crippen molar-refractivity contribution in [1.82, 2.24) is 5.32 Å². The van der Waals surface area contributed by atoms with Gasteiger partial charge >= 0.3 is 6.18 Å². The summed E-state index contributed by atoms with van der Waals surface area (Å²) in [5.74, 6) is -0.0556. The Labute approximate surface area is 142 Å². The highest BCUT2D eigenvalue weighted by Crippen LogP contribution is 2.34. The lowest BCUT2D eigenvalue weighted by Crippen LogP contribution is -2.22. The van der Waals surface area contributed by atoms with E-state index in [1.807, 2.05) is 6.92 Å². The summed E-state index contributed by atoms with van der Waals surface area (Å²) >= 11 is 5.84. The molecule has 0 heterocycles. The summed E-state index contributed by atoms with van der Waals surface area (Å²) < 4.78 is 43.2. The first-order chi connectivity index (χ1) is 11.3. The molecular formula is C17H15ClF3NO2. The summed E-state index contributed by atoms with van der Waals surface area (Å²) in [6, 6.07) is 9.69. The molecule has 2 aromatic rings. The van der Waals surface area contributed by atoms with Crippen LogP contribution >= 0.6 is 11.6 Å². The van der Waals surface area contributed by atoms with Crippen LogP contribution in [0, 0.1) is 0 Å². The Bertz CT molecular complexity index is 732. The van der Waals surface area contributed by atoms with Gasteiger partial charge in [-0.3, -0.25) is 4.79 Å². The van der Waals surface area contributed by atoms with Gasteiger partial charge in [0, 0.05) is 12.1 Å². The number of halogens is 4. The molecule has 1 amide bonds. The second-order valence-corrected chi connectivity index (χ2v) is 5.40. The van der Waals surface area contributed by atoms with Crippen molar-refractivity contribution in [3.05, 3.63) is 64.2 Å². The summed E-state index contributed by atoms with van der Waals surface area (Å²) in [5, 5.41) is 2.56. The number of carbonyl (C=O) groups excluding carboxylic acids is 1. The van der Waals surface area contributed by atoms with E-state index < -0.39 is 11.7 Å². The Morgan fingerprint density at radius 2 is 1.96 bits per heavy atom. The maximum absolute atomic E-state index is 12.6. The maximum atomic E-state index is 12.6. The van der Waals surface area contributed by atoms with Crippen molar-refractivity contribution < 1.29 is 22.7 Å². The van der Waals surface area contributed by atoms with Gasteiger partial charge in [0.25, 0.3) is 5.91 Å². The van der Waals surface area contributed by atoms with Crippen LogP contribution in [0.5, 0.6) is 5.75 Å². The van der Waals surface area contributed by atoms with Crippen LogP contribution in [0.4, 0.5) is 13.2 Å². The molecule has 2 rings (SSSR count). The first-order valence-electron chi connectivity index (χ1n) is 7.18. The lowest BCUT2D eigenvalue weighted by molar-refractivity contribution is -0.137. The Morgan fingerprint density at radius 3 is 2.58 bits per heavy atom. The number of benzene rings is 2. The van der Waals surface area contributed by atoms with Crippen molar-refractivity contribution in [3.63, 3.8) is 0 Å². The molecule has 0 spiro atoms. The van der Waals surface area contributed by atoms with E-state index in [2.05, 4.69) is 5.32 Å². The number of ether oxygens (including phenoxy) is 1. The van der Waals surface area contributed by atoms with Crippen molar-refractivity contribution in [1.29, 1.82) is 0 Å². The molecule has 0 saturated carbocycles. The number of carbonyl (C=O) groups is 1. The smallest absolute Gasteiger partial charge is 0.416 e. The van der Waals surface area contributed by atoms with Crippen molar-refractivity contribution >= 4 is 17.5 Å². The summed E-state index contributed by atoms with van der Waals surface area (Å²) in [7, 11) is 0. The topological polar surface area (TPSA) is 38.3 Å². The van der Waals surface area contributed by atoms with Gasteiger partial charge in [-0.05, 0) is 42.8 Å². The number of rotatable bonds is 5. The molecule has 128 valence electrons.